The molecule has 1 aromatic carbocycles. The highest BCUT2D eigenvalue weighted by molar-refractivity contribution is 5.94. The van der Waals surface area contributed by atoms with Crippen molar-refractivity contribution in [3.8, 4) is 5.75 Å². The Labute approximate surface area is 99.8 Å². The largest absolute Gasteiger partial charge is 0.508 e. The summed E-state index contributed by atoms with van der Waals surface area (Å²) in [7, 11) is 0. The Balaban J connectivity index is 3.01. The van der Waals surface area contributed by atoms with E-state index in [1.807, 2.05) is 13.8 Å². The minimum Gasteiger partial charge on any atom is -0.508 e. The van der Waals surface area contributed by atoms with Gasteiger partial charge < -0.3 is 15.7 Å². The lowest BCUT2D eigenvalue weighted by Crippen LogP contribution is -2.40. The average Bonchev–Trinajstić information content (AvgIpc) is 2.24. The molecule has 0 heterocycles. The van der Waals surface area contributed by atoms with Crippen molar-refractivity contribution in [1.82, 2.24) is 4.90 Å². The van der Waals surface area contributed by atoms with E-state index >= 15 is 0 Å². The number of phenols is 1. The monoisotopic (exact) mass is 240 g/mol. The van der Waals surface area contributed by atoms with Crippen LogP contribution < -0.4 is 5.73 Å². The molecular weight excluding hydrogens is 223 g/mol. The molecule has 3 N–H and O–H groups in total. The number of nitrogens with two attached hydrogens (primary N) is 1. The summed E-state index contributed by atoms with van der Waals surface area (Å²) in [6, 6.07) is 3.43. The van der Waals surface area contributed by atoms with Crippen LogP contribution in [0.3, 0.4) is 0 Å². The third-order valence-electron chi connectivity index (χ3n) is 2.44. The van der Waals surface area contributed by atoms with Gasteiger partial charge in [0.05, 0.1) is 5.56 Å². The predicted octanol–water partition coefficient (Wildman–Crippen LogP) is 1.34. The van der Waals surface area contributed by atoms with E-state index in [0.29, 0.717) is 13.1 Å². The average molecular weight is 240 g/mol. The quantitative estimate of drug-likeness (QED) is 0.834. The number of aromatic hydroxyl groups is 1. The minimum atomic E-state index is -0.724. The summed E-state index contributed by atoms with van der Waals surface area (Å²) >= 11 is 0. The predicted molar refractivity (Wildman–Crippen MR) is 63.3 cm³/mol. The lowest BCUT2D eigenvalue weighted by molar-refractivity contribution is 0.0707. The van der Waals surface area contributed by atoms with E-state index in [-0.39, 0.29) is 17.4 Å². The molecule has 0 saturated heterocycles. The standard InChI is InChI=1S/C12H17FN2O2/c1-8(2)15(6-5-14)12(17)10-4-3-9(16)7-11(10)13/h3-4,7-8,16H,5-6,14H2,1-2H3. The van der Waals surface area contributed by atoms with Gasteiger partial charge in [0.25, 0.3) is 5.91 Å². The molecule has 1 rings (SSSR count). The van der Waals surface area contributed by atoms with Crippen molar-refractivity contribution in [3.05, 3.63) is 29.6 Å². The van der Waals surface area contributed by atoms with Crippen LogP contribution in [0, 0.1) is 5.82 Å². The number of hydrogen-bond donors (Lipinski definition) is 2. The molecule has 4 nitrogen and oxygen atoms in total. The van der Waals surface area contributed by atoms with Gasteiger partial charge in [-0.05, 0) is 26.0 Å². The van der Waals surface area contributed by atoms with E-state index in [4.69, 9.17) is 10.8 Å². The van der Waals surface area contributed by atoms with Gasteiger partial charge in [-0.25, -0.2) is 4.39 Å². The lowest BCUT2D eigenvalue weighted by Gasteiger charge is -2.26. The van der Waals surface area contributed by atoms with Crippen molar-refractivity contribution in [2.75, 3.05) is 13.1 Å². The van der Waals surface area contributed by atoms with Gasteiger partial charge in [-0.15, -0.1) is 0 Å². The van der Waals surface area contributed by atoms with E-state index < -0.39 is 11.7 Å². The molecule has 0 aromatic heterocycles. The third kappa shape index (κ3) is 3.17. The van der Waals surface area contributed by atoms with E-state index in [1.54, 1.807) is 0 Å². The van der Waals surface area contributed by atoms with Crippen LogP contribution in [0.2, 0.25) is 0 Å². The van der Waals surface area contributed by atoms with Gasteiger partial charge in [-0.2, -0.15) is 0 Å². The van der Waals surface area contributed by atoms with Gasteiger partial charge in [0.1, 0.15) is 11.6 Å². The number of carbonyl (C=O) groups excluding carboxylic acids is 1. The summed E-state index contributed by atoms with van der Waals surface area (Å²) in [5, 5.41) is 9.09. The van der Waals surface area contributed by atoms with Crippen molar-refractivity contribution in [2.45, 2.75) is 19.9 Å². The second-order valence-electron chi connectivity index (χ2n) is 4.05. The van der Waals surface area contributed by atoms with Gasteiger partial charge in [0, 0.05) is 25.2 Å². The van der Waals surface area contributed by atoms with Crippen LogP contribution in [0.4, 0.5) is 4.39 Å². The number of carbonyl (C=O) groups is 1. The molecule has 0 spiro atoms. The maximum atomic E-state index is 13.5. The molecule has 0 saturated carbocycles. The van der Waals surface area contributed by atoms with Crippen LogP contribution in [0.5, 0.6) is 5.75 Å². The van der Waals surface area contributed by atoms with E-state index in [1.165, 1.54) is 17.0 Å². The summed E-state index contributed by atoms with van der Waals surface area (Å²) in [5.41, 5.74) is 5.37. The highest BCUT2D eigenvalue weighted by Crippen LogP contribution is 2.17. The molecule has 0 aliphatic heterocycles. The molecule has 94 valence electrons. The maximum Gasteiger partial charge on any atom is 0.257 e. The van der Waals surface area contributed by atoms with Crippen LogP contribution in [0.15, 0.2) is 18.2 Å². The molecule has 1 aromatic rings. The smallest absolute Gasteiger partial charge is 0.257 e. The zero-order chi connectivity index (χ0) is 13.0. The number of benzene rings is 1. The van der Waals surface area contributed by atoms with Gasteiger partial charge in [0.2, 0.25) is 0 Å². The fourth-order valence-electron chi connectivity index (χ4n) is 1.57. The van der Waals surface area contributed by atoms with Gasteiger partial charge >= 0.3 is 0 Å². The number of rotatable bonds is 4. The first-order valence-corrected chi connectivity index (χ1v) is 5.47. The van der Waals surface area contributed by atoms with Crippen molar-refractivity contribution in [3.63, 3.8) is 0 Å². The molecule has 1 amide bonds. The van der Waals surface area contributed by atoms with Crippen LogP contribution in [-0.4, -0.2) is 35.0 Å². The Hall–Kier alpha value is -1.62. The fourth-order valence-corrected chi connectivity index (χ4v) is 1.57. The van der Waals surface area contributed by atoms with E-state index in [0.717, 1.165) is 6.07 Å². The Morgan fingerprint density at radius 2 is 2.18 bits per heavy atom. The van der Waals surface area contributed by atoms with E-state index in [2.05, 4.69) is 0 Å². The summed E-state index contributed by atoms with van der Waals surface area (Å²) in [5.74, 6) is -1.34. The highest BCUT2D eigenvalue weighted by Gasteiger charge is 2.21. The van der Waals surface area contributed by atoms with Gasteiger partial charge in [0.15, 0.2) is 0 Å². The first-order chi connectivity index (χ1) is 7.97. The van der Waals surface area contributed by atoms with Crippen molar-refractivity contribution >= 4 is 5.91 Å². The summed E-state index contributed by atoms with van der Waals surface area (Å²) in [4.78, 5) is 13.6. The SMILES string of the molecule is CC(C)N(CCN)C(=O)c1ccc(O)cc1F. The van der Waals surface area contributed by atoms with Crippen LogP contribution in [0.25, 0.3) is 0 Å². The molecule has 0 radical (unpaired) electrons. The molecule has 0 bridgehead atoms. The number of nitrogens with zero attached hydrogens (tertiary/aromatic N) is 1. The van der Waals surface area contributed by atoms with E-state index in [9.17, 15) is 9.18 Å². The normalized spacial score (nSPS) is 10.6. The number of halogens is 1. The molecular formula is C12H17FN2O2. The molecule has 0 unspecified atom stereocenters. The van der Waals surface area contributed by atoms with Crippen molar-refractivity contribution < 1.29 is 14.3 Å². The second-order valence-corrected chi connectivity index (χ2v) is 4.05. The highest BCUT2D eigenvalue weighted by atomic mass is 19.1. The Bertz CT molecular complexity index is 407. The first kappa shape index (κ1) is 13.4. The molecule has 0 fully saturated rings. The molecule has 0 aliphatic carbocycles. The Morgan fingerprint density at radius 1 is 1.53 bits per heavy atom. The van der Waals surface area contributed by atoms with Gasteiger partial charge in [-0.1, -0.05) is 0 Å². The Morgan fingerprint density at radius 3 is 2.65 bits per heavy atom. The van der Waals surface area contributed by atoms with Crippen LogP contribution in [-0.2, 0) is 0 Å². The number of phenolic OH excluding ortho intramolecular Hbond substituents is 1. The van der Waals surface area contributed by atoms with Crippen molar-refractivity contribution in [1.29, 1.82) is 0 Å². The Kier molecular flexibility index (Phi) is 4.45. The summed E-state index contributed by atoms with van der Waals surface area (Å²) in [6.07, 6.45) is 0. The summed E-state index contributed by atoms with van der Waals surface area (Å²) < 4.78 is 13.5. The maximum absolute atomic E-state index is 13.5. The van der Waals surface area contributed by atoms with Crippen LogP contribution in [0.1, 0.15) is 24.2 Å². The number of amides is 1. The minimum absolute atomic E-state index is 0.0510. The van der Waals surface area contributed by atoms with Crippen molar-refractivity contribution in [2.24, 2.45) is 5.73 Å². The fraction of sp³-hybridized carbons (Fsp3) is 0.417. The number of hydrogen-bond acceptors (Lipinski definition) is 3. The molecule has 5 heteroatoms. The topological polar surface area (TPSA) is 66.6 Å². The zero-order valence-corrected chi connectivity index (χ0v) is 9.98. The molecule has 17 heavy (non-hydrogen) atoms. The lowest BCUT2D eigenvalue weighted by atomic mass is 10.1. The zero-order valence-electron chi connectivity index (χ0n) is 9.98. The van der Waals surface area contributed by atoms with Crippen LogP contribution >= 0.6 is 0 Å². The first-order valence-electron chi connectivity index (χ1n) is 5.47. The summed E-state index contributed by atoms with van der Waals surface area (Å²) in [6.45, 7) is 4.37. The molecule has 0 aliphatic rings. The van der Waals surface area contributed by atoms with Gasteiger partial charge in [-0.3, -0.25) is 4.79 Å². The third-order valence-corrected chi connectivity index (χ3v) is 2.44. The second kappa shape index (κ2) is 5.63. The molecule has 0 atom stereocenters.